The Balaban J connectivity index is 2.44. The van der Waals surface area contributed by atoms with Gasteiger partial charge in [-0.3, -0.25) is 0 Å². The number of rotatable bonds is 3. The Hall–Kier alpha value is -2.24. The van der Waals surface area contributed by atoms with Gasteiger partial charge in [0.1, 0.15) is 17.4 Å². The maximum atomic E-state index is 10.3. The van der Waals surface area contributed by atoms with Crippen LogP contribution in [0.2, 0.25) is 0 Å². The van der Waals surface area contributed by atoms with Crippen molar-refractivity contribution in [1.29, 1.82) is 0 Å². The fourth-order valence-corrected chi connectivity index (χ4v) is 1.94. The highest BCUT2D eigenvalue weighted by Gasteiger charge is 2.16. The topological polar surface area (TPSA) is 33.4 Å². The van der Waals surface area contributed by atoms with Crippen LogP contribution in [0, 0.1) is 18.8 Å². The molecule has 96 valence electrons. The third-order valence-corrected chi connectivity index (χ3v) is 2.82. The van der Waals surface area contributed by atoms with Crippen molar-refractivity contribution >= 4 is 11.0 Å². The Morgan fingerprint density at radius 2 is 2.21 bits per heavy atom. The summed E-state index contributed by atoms with van der Waals surface area (Å²) in [7, 11) is 0. The van der Waals surface area contributed by atoms with E-state index in [1.54, 1.807) is 19.1 Å². The van der Waals surface area contributed by atoms with Gasteiger partial charge in [0, 0.05) is 11.0 Å². The largest absolute Gasteiger partial charge is 0.458 e. The summed E-state index contributed by atoms with van der Waals surface area (Å²) >= 11 is 0. The van der Waals surface area contributed by atoms with E-state index in [4.69, 9.17) is 4.42 Å². The average molecular weight is 252 g/mol. The van der Waals surface area contributed by atoms with Gasteiger partial charge in [-0.1, -0.05) is 30.2 Å². The number of aliphatic hydroxyl groups excluding tert-OH is 1. The maximum Gasteiger partial charge on any atom is 0.144 e. The van der Waals surface area contributed by atoms with Crippen LogP contribution in [0.1, 0.15) is 24.4 Å². The molecule has 2 nitrogen and oxygen atoms in total. The molecular weight excluding hydrogens is 236 g/mol. The van der Waals surface area contributed by atoms with E-state index in [1.807, 2.05) is 31.2 Å². The fourth-order valence-electron chi connectivity index (χ4n) is 1.94. The predicted molar refractivity (Wildman–Crippen MR) is 77.6 cm³/mol. The summed E-state index contributed by atoms with van der Waals surface area (Å²) in [4.78, 5) is 0. The normalized spacial score (nSPS) is 12.9. The molecule has 19 heavy (non-hydrogen) atoms. The minimum Gasteiger partial charge on any atom is -0.458 e. The van der Waals surface area contributed by atoms with Gasteiger partial charge in [0.05, 0.1) is 0 Å². The second-order valence-electron chi connectivity index (χ2n) is 4.33. The number of allylic oxidation sites excluding steroid dienone is 2. The van der Waals surface area contributed by atoms with Crippen LogP contribution in [-0.4, -0.2) is 5.11 Å². The first-order valence-electron chi connectivity index (χ1n) is 6.09. The maximum absolute atomic E-state index is 10.3. The lowest BCUT2D eigenvalue weighted by molar-refractivity contribution is 0.193. The van der Waals surface area contributed by atoms with E-state index < -0.39 is 6.10 Å². The zero-order valence-electron chi connectivity index (χ0n) is 11.1. The molecule has 1 atom stereocenters. The van der Waals surface area contributed by atoms with Gasteiger partial charge >= 0.3 is 0 Å². The molecule has 2 heteroatoms. The zero-order chi connectivity index (χ0) is 13.8. The Morgan fingerprint density at radius 3 is 2.89 bits per heavy atom. The lowest BCUT2D eigenvalue weighted by Crippen LogP contribution is -1.98. The Bertz CT molecular complexity index is 693. The molecule has 0 fully saturated rings. The van der Waals surface area contributed by atoms with E-state index in [0.29, 0.717) is 11.3 Å². The molecule has 0 aliphatic carbocycles. The molecule has 1 N–H and O–H groups in total. The van der Waals surface area contributed by atoms with Crippen molar-refractivity contribution in [2.75, 3.05) is 0 Å². The van der Waals surface area contributed by atoms with Gasteiger partial charge in [0.25, 0.3) is 0 Å². The minimum atomic E-state index is -0.863. The van der Waals surface area contributed by atoms with Crippen molar-refractivity contribution < 1.29 is 9.52 Å². The molecule has 0 saturated carbocycles. The van der Waals surface area contributed by atoms with Gasteiger partial charge < -0.3 is 9.52 Å². The van der Waals surface area contributed by atoms with Crippen LogP contribution < -0.4 is 0 Å². The van der Waals surface area contributed by atoms with E-state index >= 15 is 0 Å². The average Bonchev–Trinajstić information content (AvgIpc) is 2.80. The highest BCUT2D eigenvalue weighted by Crippen LogP contribution is 2.28. The molecule has 0 bridgehead atoms. The first-order chi connectivity index (χ1) is 9.15. The molecule has 1 aromatic carbocycles. The molecule has 1 heterocycles. The summed E-state index contributed by atoms with van der Waals surface area (Å²) in [5.41, 5.74) is 2.50. The molecule has 2 aromatic rings. The number of furan rings is 1. The third kappa shape index (κ3) is 2.78. The van der Waals surface area contributed by atoms with E-state index in [2.05, 4.69) is 18.4 Å². The standard InChI is InChI=1S/C17H16O2/c1-4-6-13(7-5-2)17(18)16-11-14-10-12(3)8-9-15(14)19-16/h4,6,8-11,17-18H,1H2,2-3H3/b13-6+. The van der Waals surface area contributed by atoms with E-state index in [1.165, 1.54) is 0 Å². The Labute approximate surface area is 113 Å². The van der Waals surface area contributed by atoms with Gasteiger partial charge in [-0.15, -0.1) is 5.92 Å². The van der Waals surface area contributed by atoms with Crippen LogP contribution in [0.15, 0.2) is 53.0 Å². The van der Waals surface area contributed by atoms with Gasteiger partial charge in [0.15, 0.2) is 0 Å². The van der Waals surface area contributed by atoms with Crippen LogP contribution >= 0.6 is 0 Å². The highest BCUT2D eigenvalue weighted by molar-refractivity contribution is 5.79. The van der Waals surface area contributed by atoms with E-state index in [9.17, 15) is 5.11 Å². The number of benzene rings is 1. The summed E-state index contributed by atoms with van der Waals surface area (Å²) in [6.07, 6.45) is 2.44. The van der Waals surface area contributed by atoms with Gasteiger partial charge in [-0.05, 0) is 38.1 Å². The molecule has 0 spiro atoms. The number of aliphatic hydroxyl groups is 1. The highest BCUT2D eigenvalue weighted by atomic mass is 16.4. The fraction of sp³-hybridized carbons (Fsp3) is 0.176. The molecule has 0 aliphatic rings. The second kappa shape index (κ2) is 5.60. The monoisotopic (exact) mass is 252 g/mol. The summed E-state index contributed by atoms with van der Waals surface area (Å²) in [5.74, 6) is 6.14. The first-order valence-corrected chi connectivity index (χ1v) is 6.09. The van der Waals surface area contributed by atoms with Crippen molar-refractivity contribution in [3.8, 4) is 11.8 Å². The molecule has 0 saturated heterocycles. The molecule has 0 aliphatic heterocycles. The van der Waals surface area contributed by atoms with Crippen molar-refractivity contribution in [2.24, 2.45) is 0 Å². The van der Waals surface area contributed by atoms with Crippen molar-refractivity contribution in [2.45, 2.75) is 20.0 Å². The van der Waals surface area contributed by atoms with Gasteiger partial charge in [-0.2, -0.15) is 0 Å². The van der Waals surface area contributed by atoms with Crippen LogP contribution in [-0.2, 0) is 0 Å². The van der Waals surface area contributed by atoms with Crippen LogP contribution in [0.3, 0.4) is 0 Å². The summed E-state index contributed by atoms with van der Waals surface area (Å²) in [5, 5.41) is 11.3. The third-order valence-electron chi connectivity index (χ3n) is 2.82. The minimum absolute atomic E-state index is 0.497. The molecule has 0 radical (unpaired) electrons. The van der Waals surface area contributed by atoms with Crippen LogP contribution in [0.4, 0.5) is 0 Å². The zero-order valence-corrected chi connectivity index (χ0v) is 11.1. The molecule has 1 aromatic heterocycles. The van der Waals surface area contributed by atoms with Crippen molar-refractivity contribution in [3.63, 3.8) is 0 Å². The lowest BCUT2D eigenvalue weighted by atomic mass is 10.1. The Morgan fingerprint density at radius 1 is 1.42 bits per heavy atom. The number of aryl methyl sites for hydroxylation is 1. The first kappa shape index (κ1) is 13.2. The lowest BCUT2D eigenvalue weighted by Gasteiger charge is -2.06. The van der Waals surface area contributed by atoms with E-state index in [-0.39, 0.29) is 0 Å². The molecule has 2 rings (SSSR count). The van der Waals surface area contributed by atoms with Crippen molar-refractivity contribution in [1.82, 2.24) is 0 Å². The van der Waals surface area contributed by atoms with Crippen LogP contribution in [0.25, 0.3) is 11.0 Å². The van der Waals surface area contributed by atoms with E-state index in [0.717, 1.165) is 16.5 Å². The quantitative estimate of drug-likeness (QED) is 0.663. The number of fused-ring (bicyclic) bond motifs is 1. The Kier molecular flexibility index (Phi) is 3.89. The number of hydrogen-bond donors (Lipinski definition) is 1. The molecular formula is C17H16O2. The second-order valence-corrected chi connectivity index (χ2v) is 4.33. The van der Waals surface area contributed by atoms with Crippen LogP contribution in [0.5, 0.6) is 0 Å². The van der Waals surface area contributed by atoms with Gasteiger partial charge in [-0.25, -0.2) is 0 Å². The van der Waals surface area contributed by atoms with Crippen molar-refractivity contribution in [3.05, 3.63) is 59.9 Å². The smallest absolute Gasteiger partial charge is 0.144 e. The predicted octanol–water partition coefficient (Wildman–Crippen LogP) is 3.91. The number of hydrogen-bond acceptors (Lipinski definition) is 2. The summed E-state index contributed by atoms with van der Waals surface area (Å²) in [6.45, 7) is 7.38. The summed E-state index contributed by atoms with van der Waals surface area (Å²) in [6, 6.07) is 7.76. The molecule has 0 amide bonds. The molecule has 1 unspecified atom stereocenters. The SMILES string of the molecule is C=C/C=C(\C#CC)C(O)c1cc2cc(C)ccc2o1. The van der Waals surface area contributed by atoms with Gasteiger partial charge in [0.2, 0.25) is 0 Å². The summed E-state index contributed by atoms with van der Waals surface area (Å²) < 4.78 is 5.67.